The highest BCUT2D eigenvalue weighted by Gasteiger charge is 2.53. The molecule has 0 atom stereocenters. The minimum absolute atomic E-state index is 0.112. The molecule has 0 radical (unpaired) electrons. The number of fused-ring (bicyclic) bond motifs is 21. The van der Waals surface area contributed by atoms with Gasteiger partial charge in [-0.1, -0.05) is 211 Å². The monoisotopic (exact) mass is 1050 g/mol. The fourth-order valence-electron chi connectivity index (χ4n) is 14.3. The molecule has 2 aliphatic carbocycles. The lowest BCUT2D eigenvalue weighted by Gasteiger charge is -2.41. The van der Waals surface area contributed by atoms with Gasteiger partial charge in [-0.3, -0.25) is 0 Å². The van der Waals surface area contributed by atoms with E-state index in [0.29, 0.717) is 0 Å². The maximum atomic E-state index is 7.12. The summed E-state index contributed by atoms with van der Waals surface area (Å²) in [6, 6.07) is 88.9. The van der Waals surface area contributed by atoms with E-state index in [1.54, 1.807) is 0 Å². The first-order chi connectivity index (χ1) is 38.9. The maximum absolute atomic E-state index is 7.12. The van der Waals surface area contributed by atoms with Crippen molar-refractivity contribution >= 4 is 50.8 Å². The third kappa shape index (κ3) is 6.45. The lowest BCUT2D eigenvalue weighted by Crippen LogP contribution is -2.33. The van der Waals surface area contributed by atoms with Crippen LogP contribution in [0.3, 0.4) is 0 Å². The van der Waals surface area contributed by atoms with Crippen LogP contribution in [0.4, 0.5) is 17.1 Å². The van der Waals surface area contributed by atoms with Crippen LogP contribution in [0.5, 0.6) is 11.5 Å². The molecule has 0 fully saturated rings. The zero-order chi connectivity index (χ0) is 53.9. The van der Waals surface area contributed by atoms with Crippen molar-refractivity contribution in [3.05, 3.63) is 292 Å². The summed E-state index contributed by atoms with van der Waals surface area (Å²) in [5.74, 6) is 1.78. The van der Waals surface area contributed by atoms with E-state index in [1.807, 2.05) is 11.8 Å². The number of ether oxygens (including phenoxy) is 1. The number of hydrogen-bond donors (Lipinski definition) is 0. The summed E-state index contributed by atoms with van der Waals surface area (Å²) in [5.41, 5.74) is 23.3. The summed E-state index contributed by atoms with van der Waals surface area (Å²) in [6.07, 6.45) is 0. The Morgan fingerprint density at radius 2 is 0.800 bits per heavy atom. The van der Waals surface area contributed by atoms with Gasteiger partial charge in [-0.05, 0) is 162 Å². The van der Waals surface area contributed by atoms with Crippen LogP contribution in [-0.4, -0.2) is 0 Å². The van der Waals surface area contributed by atoms with Gasteiger partial charge in [0.2, 0.25) is 0 Å². The largest absolute Gasteiger partial charge is 0.457 e. The molecule has 0 bridgehead atoms. The molecule has 3 nitrogen and oxygen atoms in total. The average Bonchev–Trinajstić information content (AvgIpc) is 2.54. The van der Waals surface area contributed by atoms with Gasteiger partial charge in [-0.15, -0.1) is 0 Å². The van der Waals surface area contributed by atoms with Gasteiger partial charge in [-0.2, -0.15) is 0 Å². The fourth-order valence-corrected chi connectivity index (χ4v) is 15.5. The topological polar surface area (TPSA) is 25.6 Å². The Morgan fingerprint density at radius 1 is 0.350 bits per heavy atom. The van der Waals surface area contributed by atoms with Crippen molar-refractivity contribution in [2.24, 2.45) is 0 Å². The van der Waals surface area contributed by atoms with Crippen LogP contribution in [-0.2, 0) is 21.7 Å². The summed E-state index contributed by atoms with van der Waals surface area (Å²) in [5, 5.41) is 2.21. The van der Waals surface area contributed by atoms with Crippen molar-refractivity contribution in [2.75, 3.05) is 4.90 Å². The molecule has 2 aliphatic heterocycles. The molecule has 0 N–H and O–H groups in total. The van der Waals surface area contributed by atoms with E-state index in [4.69, 9.17) is 9.15 Å². The first-order valence-corrected chi connectivity index (χ1v) is 28.9. The molecule has 4 aliphatic rings. The van der Waals surface area contributed by atoms with Gasteiger partial charge in [0.1, 0.15) is 22.7 Å². The minimum Gasteiger partial charge on any atom is -0.457 e. The van der Waals surface area contributed by atoms with Crippen LogP contribution >= 0.6 is 11.8 Å². The van der Waals surface area contributed by atoms with Gasteiger partial charge in [0, 0.05) is 48.6 Å². The van der Waals surface area contributed by atoms with Crippen LogP contribution in [0.1, 0.15) is 97.2 Å². The lowest BCUT2D eigenvalue weighted by molar-refractivity contribution is 0.433. The highest BCUT2D eigenvalue weighted by atomic mass is 32.2. The SMILES string of the molecule is CC(C)(C)c1ccc2c(c1)C1(c3cc(C(C)(C)C)ccc3O2)c2ccccc2-c2ccc(N(c3ccc4c(c3)C3(c5ccccc5Sc5ccccc53)c3ccccc3-4)c3ccccc3-c3cccc4oc5ccccc5c34)cc21. The van der Waals surface area contributed by atoms with E-state index in [0.717, 1.165) is 61.6 Å². The van der Waals surface area contributed by atoms with Crippen LogP contribution in [0.15, 0.2) is 251 Å². The van der Waals surface area contributed by atoms with Gasteiger partial charge >= 0.3 is 0 Å². The molecule has 4 heteroatoms. The van der Waals surface area contributed by atoms with Crippen LogP contribution < -0.4 is 9.64 Å². The van der Waals surface area contributed by atoms with E-state index in [9.17, 15) is 0 Å². The number of anilines is 3. The molecule has 11 aromatic carbocycles. The summed E-state index contributed by atoms with van der Waals surface area (Å²) in [4.78, 5) is 5.12. The van der Waals surface area contributed by atoms with E-state index < -0.39 is 10.8 Å². The second kappa shape index (κ2) is 16.8. The quantitative estimate of drug-likeness (QED) is 0.175. The van der Waals surface area contributed by atoms with E-state index in [2.05, 4.69) is 283 Å². The third-order valence-electron chi connectivity index (χ3n) is 17.9. The normalized spacial score (nSPS) is 14.6. The van der Waals surface area contributed by atoms with Crippen molar-refractivity contribution in [1.82, 2.24) is 0 Å². The van der Waals surface area contributed by atoms with Gasteiger partial charge < -0.3 is 14.1 Å². The molecule has 12 aromatic rings. The van der Waals surface area contributed by atoms with Crippen LogP contribution in [0.2, 0.25) is 0 Å². The summed E-state index contributed by atoms with van der Waals surface area (Å²) in [6.45, 7) is 13.9. The minimum atomic E-state index is -0.726. The van der Waals surface area contributed by atoms with Crippen molar-refractivity contribution in [3.8, 4) is 44.9 Å². The average molecular weight is 1050 g/mol. The van der Waals surface area contributed by atoms with E-state index >= 15 is 0 Å². The van der Waals surface area contributed by atoms with Crippen molar-refractivity contribution in [2.45, 2.75) is 73.0 Å². The van der Waals surface area contributed by atoms with E-state index in [1.165, 1.54) is 87.7 Å². The Morgan fingerprint density at radius 3 is 1.38 bits per heavy atom. The number of nitrogens with zero attached hydrogens (tertiary/aromatic N) is 1. The molecule has 0 amide bonds. The lowest BCUT2D eigenvalue weighted by atomic mass is 9.64. The highest BCUT2D eigenvalue weighted by Crippen LogP contribution is 2.66. The Bertz CT molecular complexity index is 4490. The van der Waals surface area contributed by atoms with Crippen molar-refractivity contribution < 1.29 is 9.15 Å². The molecule has 0 saturated heterocycles. The molecular formula is C76H57NO2S. The molecule has 1 aromatic heterocycles. The molecule has 80 heavy (non-hydrogen) atoms. The predicted octanol–water partition coefficient (Wildman–Crippen LogP) is 20.6. The second-order valence-corrected chi connectivity index (χ2v) is 25.4. The predicted molar refractivity (Wildman–Crippen MR) is 330 cm³/mol. The Hall–Kier alpha value is -8.83. The highest BCUT2D eigenvalue weighted by molar-refractivity contribution is 7.99. The molecule has 0 unspecified atom stereocenters. The number of para-hydroxylation sites is 2. The van der Waals surface area contributed by atoms with Gasteiger partial charge in [0.15, 0.2) is 0 Å². The maximum Gasteiger partial charge on any atom is 0.136 e. The Labute approximate surface area is 472 Å². The molecule has 384 valence electrons. The van der Waals surface area contributed by atoms with Gasteiger partial charge in [0.25, 0.3) is 0 Å². The summed E-state index contributed by atoms with van der Waals surface area (Å²) < 4.78 is 13.7. The fraction of sp³-hybridized carbons (Fsp3) is 0.132. The molecule has 2 spiro atoms. The number of hydrogen-bond acceptors (Lipinski definition) is 4. The smallest absolute Gasteiger partial charge is 0.136 e. The first kappa shape index (κ1) is 47.2. The zero-order valence-electron chi connectivity index (χ0n) is 45.7. The molecular weight excluding hydrogens is 991 g/mol. The summed E-state index contributed by atoms with van der Waals surface area (Å²) >= 11 is 1.88. The first-order valence-electron chi connectivity index (χ1n) is 28.1. The van der Waals surface area contributed by atoms with E-state index in [-0.39, 0.29) is 10.8 Å². The van der Waals surface area contributed by atoms with Crippen LogP contribution in [0.25, 0.3) is 55.3 Å². The standard InChI is InChI=1S/C76H57NO2S/c1-73(2,3)46-34-40-67-63(42-46)76(64-43-47(74(4,5)6)35-41-68(64)79-67)58-26-12-8-21-51(58)53-39-37-49(45-62(53)76)77(65-29-15-9-22-54(65)55-24-19-31-69-72(55)56-23-10-16-30-66(56)78-69)48-36-38-52-50-20-7-11-25-57(50)75(61(52)44-48)59-27-13-17-32-70(59)80-71-33-18-14-28-60(71)75/h7-45H,1-6H3. The third-order valence-corrected chi connectivity index (χ3v) is 19.1. The van der Waals surface area contributed by atoms with Crippen LogP contribution in [0, 0.1) is 0 Å². The summed E-state index contributed by atoms with van der Waals surface area (Å²) in [7, 11) is 0. The van der Waals surface area contributed by atoms with Crippen molar-refractivity contribution in [3.63, 3.8) is 0 Å². The van der Waals surface area contributed by atoms with Gasteiger partial charge in [0.05, 0.1) is 16.5 Å². The molecule has 0 saturated carbocycles. The second-order valence-electron chi connectivity index (χ2n) is 24.3. The number of rotatable bonds is 4. The van der Waals surface area contributed by atoms with Gasteiger partial charge in [-0.25, -0.2) is 0 Å². The Kier molecular flexibility index (Phi) is 9.94. The number of furan rings is 1. The van der Waals surface area contributed by atoms with Crippen molar-refractivity contribution in [1.29, 1.82) is 0 Å². The Balaban J connectivity index is 1.02. The molecule has 3 heterocycles. The number of benzene rings is 11. The molecule has 16 rings (SSSR count). The zero-order valence-corrected chi connectivity index (χ0v) is 46.5.